The molecule has 1 heterocycles. The number of aliphatic hydroxyl groups excluding tert-OH is 2. The van der Waals surface area contributed by atoms with E-state index in [0.29, 0.717) is 16.5 Å². The molecule has 0 amide bonds. The fourth-order valence-electron chi connectivity index (χ4n) is 1.44. The van der Waals surface area contributed by atoms with Crippen LogP contribution in [0.15, 0.2) is 30.5 Å². The van der Waals surface area contributed by atoms with Gasteiger partial charge in [-0.25, -0.2) is 4.68 Å². The van der Waals surface area contributed by atoms with Crippen LogP contribution in [0.5, 0.6) is 0 Å². The number of benzene rings is 1. The Morgan fingerprint density at radius 1 is 1.32 bits per heavy atom. The number of aromatic nitrogens is 3. The van der Waals surface area contributed by atoms with Gasteiger partial charge in [0, 0.05) is 16.5 Å². The second kappa shape index (κ2) is 6.91. The van der Waals surface area contributed by atoms with E-state index in [1.54, 1.807) is 16.8 Å². The molecule has 1 unspecified atom stereocenters. The van der Waals surface area contributed by atoms with E-state index in [1.165, 1.54) is 11.8 Å². The zero-order valence-electron chi connectivity index (χ0n) is 10.1. The topological polar surface area (TPSA) is 71.2 Å². The van der Waals surface area contributed by atoms with Crippen LogP contribution in [0, 0.1) is 0 Å². The third-order valence-electron chi connectivity index (χ3n) is 2.40. The summed E-state index contributed by atoms with van der Waals surface area (Å²) in [6, 6.07) is 7.32. The van der Waals surface area contributed by atoms with Crippen LogP contribution in [0.3, 0.4) is 0 Å². The molecule has 0 spiro atoms. The normalized spacial score (nSPS) is 12.6. The first-order valence-electron chi connectivity index (χ1n) is 5.73. The molecule has 0 bridgehead atoms. The van der Waals surface area contributed by atoms with E-state index in [0.717, 1.165) is 11.4 Å². The number of halogens is 1. The number of hydrogen-bond donors (Lipinski definition) is 2. The molecule has 0 radical (unpaired) electrons. The standard InChI is InChI=1S/C12H14ClN3O2S/c13-9-1-3-11(4-2-9)16-5-10(14-15-16)7-19-8-12(18)6-17/h1-5,12,17-18H,6-8H2. The highest BCUT2D eigenvalue weighted by Gasteiger charge is 2.06. The molecule has 2 rings (SSSR count). The molecule has 7 heteroatoms. The van der Waals surface area contributed by atoms with Gasteiger partial charge in [-0.1, -0.05) is 16.8 Å². The number of nitrogens with zero attached hydrogens (tertiary/aromatic N) is 3. The van der Waals surface area contributed by atoms with Crippen molar-refractivity contribution in [3.05, 3.63) is 41.2 Å². The fourth-order valence-corrected chi connectivity index (χ4v) is 2.40. The zero-order chi connectivity index (χ0) is 13.7. The maximum Gasteiger partial charge on any atom is 0.0930 e. The molecule has 0 aliphatic carbocycles. The Bertz CT molecular complexity index is 518. The third-order valence-corrected chi connectivity index (χ3v) is 3.78. The van der Waals surface area contributed by atoms with Crippen LogP contribution in [-0.4, -0.2) is 43.7 Å². The zero-order valence-corrected chi connectivity index (χ0v) is 11.7. The Balaban J connectivity index is 1.93. The Morgan fingerprint density at radius 2 is 2.05 bits per heavy atom. The van der Waals surface area contributed by atoms with Crippen LogP contribution in [0.1, 0.15) is 5.69 Å². The lowest BCUT2D eigenvalue weighted by Crippen LogP contribution is -2.14. The van der Waals surface area contributed by atoms with Gasteiger partial charge in [-0.3, -0.25) is 0 Å². The van der Waals surface area contributed by atoms with Crippen molar-refractivity contribution >= 4 is 23.4 Å². The largest absolute Gasteiger partial charge is 0.394 e. The van der Waals surface area contributed by atoms with E-state index in [9.17, 15) is 5.11 Å². The monoisotopic (exact) mass is 299 g/mol. The molecule has 1 aromatic carbocycles. The maximum absolute atomic E-state index is 9.22. The number of rotatable bonds is 6. The lowest BCUT2D eigenvalue weighted by molar-refractivity contribution is 0.113. The van der Waals surface area contributed by atoms with Gasteiger partial charge in [-0.05, 0) is 24.3 Å². The third kappa shape index (κ3) is 4.21. The van der Waals surface area contributed by atoms with Crippen molar-refractivity contribution in [1.82, 2.24) is 15.0 Å². The summed E-state index contributed by atoms with van der Waals surface area (Å²) in [5, 5.41) is 26.7. The quantitative estimate of drug-likeness (QED) is 0.846. The van der Waals surface area contributed by atoms with Crippen molar-refractivity contribution in [3.63, 3.8) is 0 Å². The van der Waals surface area contributed by atoms with Crippen molar-refractivity contribution in [2.75, 3.05) is 12.4 Å². The first-order chi connectivity index (χ1) is 9.19. The molecule has 1 aromatic heterocycles. The summed E-state index contributed by atoms with van der Waals surface area (Å²) < 4.78 is 1.68. The van der Waals surface area contributed by atoms with Crippen molar-refractivity contribution in [2.24, 2.45) is 0 Å². The summed E-state index contributed by atoms with van der Waals surface area (Å²) in [5.74, 6) is 1.12. The van der Waals surface area contributed by atoms with Crippen LogP contribution < -0.4 is 0 Å². The highest BCUT2D eigenvalue weighted by Crippen LogP contribution is 2.15. The molecular formula is C12H14ClN3O2S. The van der Waals surface area contributed by atoms with Crippen LogP contribution in [0.4, 0.5) is 0 Å². The van der Waals surface area contributed by atoms with Crippen molar-refractivity contribution in [1.29, 1.82) is 0 Å². The Morgan fingerprint density at radius 3 is 2.74 bits per heavy atom. The number of thioether (sulfide) groups is 1. The first kappa shape index (κ1) is 14.3. The molecule has 0 aliphatic heterocycles. The fraction of sp³-hybridized carbons (Fsp3) is 0.333. The van der Waals surface area contributed by atoms with Gasteiger partial charge in [0.25, 0.3) is 0 Å². The number of aliphatic hydroxyl groups is 2. The average molecular weight is 300 g/mol. The SMILES string of the molecule is OCC(O)CSCc1cn(-c2ccc(Cl)cc2)nn1. The van der Waals surface area contributed by atoms with Gasteiger partial charge >= 0.3 is 0 Å². The van der Waals surface area contributed by atoms with Gasteiger partial charge in [-0.2, -0.15) is 11.8 Å². The van der Waals surface area contributed by atoms with Crippen LogP contribution in [0.25, 0.3) is 5.69 Å². The second-order valence-corrected chi connectivity index (χ2v) is 5.45. The molecular weight excluding hydrogens is 286 g/mol. The van der Waals surface area contributed by atoms with E-state index in [1.807, 2.05) is 18.3 Å². The smallest absolute Gasteiger partial charge is 0.0930 e. The molecule has 102 valence electrons. The first-order valence-corrected chi connectivity index (χ1v) is 7.26. The van der Waals surface area contributed by atoms with Crippen molar-refractivity contribution in [2.45, 2.75) is 11.9 Å². The lowest BCUT2D eigenvalue weighted by Gasteiger charge is -2.04. The second-order valence-electron chi connectivity index (χ2n) is 3.98. The van der Waals surface area contributed by atoms with Gasteiger partial charge in [0.2, 0.25) is 0 Å². The molecule has 0 saturated heterocycles. The van der Waals surface area contributed by atoms with Crippen LogP contribution >= 0.6 is 23.4 Å². The summed E-state index contributed by atoms with van der Waals surface area (Å²) in [6.45, 7) is -0.218. The maximum atomic E-state index is 9.22. The molecule has 2 N–H and O–H groups in total. The van der Waals surface area contributed by atoms with E-state index >= 15 is 0 Å². The predicted octanol–water partition coefficient (Wildman–Crippen LogP) is 1.51. The molecule has 0 saturated carbocycles. The van der Waals surface area contributed by atoms with E-state index < -0.39 is 6.10 Å². The molecule has 1 atom stereocenters. The molecule has 19 heavy (non-hydrogen) atoms. The summed E-state index contributed by atoms with van der Waals surface area (Å²) in [7, 11) is 0. The summed E-state index contributed by atoms with van der Waals surface area (Å²) in [4.78, 5) is 0. The highest BCUT2D eigenvalue weighted by atomic mass is 35.5. The van der Waals surface area contributed by atoms with Crippen molar-refractivity contribution < 1.29 is 10.2 Å². The lowest BCUT2D eigenvalue weighted by atomic mass is 10.3. The van der Waals surface area contributed by atoms with Gasteiger partial charge in [0.1, 0.15) is 0 Å². The summed E-state index contributed by atoms with van der Waals surface area (Å²) >= 11 is 7.33. The minimum absolute atomic E-state index is 0.218. The van der Waals surface area contributed by atoms with Gasteiger partial charge in [0.05, 0.1) is 30.3 Å². The average Bonchev–Trinajstić information content (AvgIpc) is 2.88. The van der Waals surface area contributed by atoms with Gasteiger partial charge < -0.3 is 10.2 Å². The summed E-state index contributed by atoms with van der Waals surface area (Å²) in [5.41, 5.74) is 1.72. The highest BCUT2D eigenvalue weighted by molar-refractivity contribution is 7.98. The minimum atomic E-state index is -0.684. The van der Waals surface area contributed by atoms with Crippen molar-refractivity contribution in [3.8, 4) is 5.69 Å². The Hall–Kier alpha value is -1.08. The Kier molecular flexibility index (Phi) is 5.21. The van der Waals surface area contributed by atoms with E-state index in [-0.39, 0.29) is 6.61 Å². The van der Waals surface area contributed by atoms with E-state index in [4.69, 9.17) is 16.7 Å². The molecule has 0 fully saturated rings. The number of hydrogen-bond acceptors (Lipinski definition) is 5. The van der Waals surface area contributed by atoms with Gasteiger partial charge in [-0.15, -0.1) is 5.10 Å². The summed E-state index contributed by atoms with van der Waals surface area (Å²) in [6.07, 6.45) is 1.15. The van der Waals surface area contributed by atoms with Crippen LogP contribution in [0.2, 0.25) is 5.02 Å². The predicted molar refractivity (Wildman–Crippen MR) is 75.6 cm³/mol. The molecule has 0 aliphatic rings. The molecule has 2 aromatic rings. The van der Waals surface area contributed by atoms with Gasteiger partial charge in [0.15, 0.2) is 0 Å². The minimum Gasteiger partial charge on any atom is -0.394 e. The Labute approximate surface area is 120 Å². The molecule has 5 nitrogen and oxygen atoms in total. The van der Waals surface area contributed by atoms with Crippen LogP contribution in [-0.2, 0) is 5.75 Å². The van der Waals surface area contributed by atoms with E-state index in [2.05, 4.69) is 10.3 Å².